The molecule has 4 aromatic rings. The number of hydrogen-bond acceptors (Lipinski definition) is 6. The molecule has 0 aromatic heterocycles. The Hall–Kier alpha value is -3.84. The molecule has 0 heterocycles. The van der Waals surface area contributed by atoms with Gasteiger partial charge >= 0.3 is 0 Å². The van der Waals surface area contributed by atoms with E-state index in [4.69, 9.17) is 0 Å². The van der Waals surface area contributed by atoms with E-state index in [1.807, 2.05) is 31.2 Å². The summed E-state index contributed by atoms with van der Waals surface area (Å²) in [7, 11) is 0. The number of aliphatic hydroxyl groups is 3. The molecule has 0 spiro atoms. The lowest BCUT2D eigenvalue weighted by atomic mass is 9.68. The van der Waals surface area contributed by atoms with Gasteiger partial charge in [-0.2, -0.15) is 0 Å². The highest BCUT2D eigenvalue weighted by Gasteiger charge is 2.34. The third-order valence-corrected chi connectivity index (χ3v) is 8.71. The zero-order chi connectivity index (χ0) is 30.3. The van der Waals surface area contributed by atoms with Crippen molar-refractivity contribution in [1.29, 1.82) is 0 Å². The summed E-state index contributed by atoms with van der Waals surface area (Å²) in [6.07, 6.45) is 0. The van der Waals surface area contributed by atoms with Crippen molar-refractivity contribution in [2.24, 2.45) is 0 Å². The van der Waals surface area contributed by atoms with Gasteiger partial charge in [0.15, 0.2) is 0 Å². The Morgan fingerprint density at radius 1 is 0.463 bits per heavy atom. The molecule has 4 rings (SSSR count). The third kappa shape index (κ3) is 5.19. The molecular weight excluding hydrogens is 516 g/mol. The Morgan fingerprint density at radius 2 is 0.780 bits per heavy atom. The van der Waals surface area contributed by atoms with Gasteiger partial charge in [-0.1, -0.05) is 56.3 Å². The summed E-state index contributed by atoms with van der Waals surface area (Å²) >= 11 is 0. The lowest BCUT2D eigenvalue weighted by molar-refractivity contribution is 0.274. The Kier molecular flexibility index (Phi) is 8.23. The van der Waals surface area contributed by atoms with Crippen LogP contribution in [0.2, 0.25) is 0 Å². The van der Waals surface area contributed by atoms with Crippen LogP contribution in [0.3, 0.4) is 0 Å². The fourth-order valence-corrected chi connectivity index (χ4v) is 5.74. The van der Waals surface area contributed by atoms with Gasteiger partial charge in [0, 0.05) is 27.5 Å². The maximum absolute atomic E-state index is 10.5. The molecule has 0 aliphatic heterocycles. The Morgan fingerprint density at radius 3 is 1.15 bits per heavy atom. The molecule has 0 amide bonds. The smallest absolute Gasteiger partial charge is 0.124 e. The SMILES string of the molecule is Cc1cc(C(C)(C)c2ccc(C(C)(c3cc(C)c(O)c(CO)c3)c3cc(C)c(O)c(CO)c3)cc2)cc(CO)c1O. The number of benzene rings is 4. The molecule has 6 nitrogen and oxygen atoms in total. The molecule has 0 atom stereocenters. The number of aryl methyl sites for hydroxylation is 3. The largest absolute Gasteiger partial charge is 0.507 e. The first-order valence-corrected chi connectivity index (χ1v) is 13.7. The highest BCUT2D eigenvalue weighted by molar-refractivity contribution is 5.58. The minimum Gasteiger partial charge on any atom is -0.507 e. The molecule has 4 aromatic carbocycles. The summed E-state index contributed by atoms with van der Waals surface area (Å²) in [5, 5.41) is 61.2. The number of aromatic hydroxyl groups is 3. The fraction of sp³-hybridized carbons (Fsp3) is 0.314. The fourth-order valence-electron chi connectivity index (χ4n) is 5.74. The van der Waals surface area contributed by atoms with Crippen molar-refractivity contribution in [1.82, 2.24) is 0 Å². The second-order valence-electron chi connectivity index (χ2n) is 11.7. The van der Waals surface area contributed by atoms with Crippen LogP contribution in [-0.4, -0.2) is 30.6 Å². The van der Waals surface area contributed by atoms with Gasteiger partial charge in [0.1, 0.15) is 17.2 Å². The van der Waals surface area contributed by atoms with Crippen LogP contribution in [0.1, 0.15) is 82.0 Å². The average Bonchev–Trinajstić information content (AvgIpc) is 2.96. The maximum Gasteiger partial charge on any atom is 0.124 e. The van der Waals surface area contributed by atoms with Gasteiger partial charge < -0.3 is 30.6 Å². The monoisotopic (exact) mass is 556 g/mol. The molecule has 0 aliphatic carbocycles. The van der Waals surface area contributed by atoms with Crippen molar-refractivity contribution in [2.45, 2.75) is 72.2 Å². The van der Waals surface area contributed by atoms with Gasteiger partial charge in [-0.05, 0) is 90.4 Å². The molecule has 41 heavy (non-hydrogen) atoms. The van der Waals surface area contributed by atoms with E-state index in [-0.39, 0.29) is 37.1 Å². The summed E-state index contributed by atoms with van der Waals surface area (Å²) in [4.78, 5) is 0. The predicted molar refractivity (Wildman–Crippen MR) is 160 cm³/mol. The van der Waals surface area contributed by atoms with Crippen molar-refractivity contribution in [3.63, 3.8) is 0 Å². The van der Waals surface area contributed by atoms with Crippen LogP contribution in [0.4, 0.5) is 0 Å². The summed E-state index contributed by atoms with van der Waals surface area (Å²) < 4.78 is 0. The minimum absolute atomic E-state index is 0.0556. The van der Waals surface area contributed by atoms with Crippen LogP contribution in [0.5, 0.6) is 17.2 Å². The third-order valence-electron chi connectivity index (χ3n) is 8.71. The molecule has 6 heteroatoms. The summed E-state index contributed by atoms with van der Waals surface area (Å²) in [6.45, 7) is 10.8. The second kappa shape index (κ2) is 11.2. The normalized spacial score (nSPS) is 12.1. The topological polar surface area (TPSA) is 121 Å². The van der Waals surface area contributed by atoms with Gasteiger partial charge in [0.2, 0.25) is 0 Å². The van der Waals surface area contributed by atoms with Crippen molar-refractivity contribution in [3.05, 3.63) is 122 Å². The molecule has 0 saturated carbocycles. The van der Waals surface area contributed by atoms with E-state index < -0.39 is 10.8 Å². The molecule has 216 valence electrons. The van der Waals surface area contributed by atoms with Crippen LogP contribution < -0.4 is 0 Å². The molecule has 0 saturated heterocycles. The van der Waals surface area contributed by atoms with E-state index in [9.17, 15) is 30.6 Å². The summed E-state index contributed by atoms with van der Waals surface area (Å²) in [5.74, 6) is 0.219. The highest BCUT2D eigenvalue weighted by Crippen LogP contribution is 2.44. The van der Waals surface area contributed by atoms with Crippen LogP contribution in [0, 0.1) is 20.8 Å². The van der Waals surface area contributed by atoms with Gasteiger partial charge in [0.25, 0.3) is 0 Å². The molecule has 6 N–H and O–H groups in total. The van der Waals surface area contributed by atoms with Gasteiger partial charge in [-0.15, -0.1) is 0 Å². The van der Waals surface area contributed by atoms with Crippen LogP contribution in [0.15, 0.2) is 60.7 Å². The summed E-state index contributed by atoms with van der Waals surface area (Å²) in [6, 6.07) is 19.4. The molecule has 0 unspecified atom stereocenters. The maximum atomic E-state index is 10.5. The lowest BCUT2D eigenvalue weighted by Gasteiger charge is -2.34. The average molecular weight is 557 g/mol. The van der Waals surface area contributed by atoms with E-state index in [2.05, 4.69) is 45.0 Å². The van der Waals surface area contributed by atoms with E-state index >= 15 is 0 Å². The van der Waals surface area contributed by atoms with E-state index in [0.717, 1.165) is 27.8 Å². The quantitative estimate of drug-likeness (QED) is 0.151. The molecule has 0 bridgehead atoms. The number of rotatable bonds is 8. The number of hydrogen-bond donors (Lipinski definition) is 6. The van der Waals surface area contributed by atoms with E-state index in [1.54, 1.807) is 26.0 Å². The minimum atomic E-state index is -0.771. The molecule has 0 radical (unpaired) electrons. The summed E-state index contributed by atoms with van der Waals surface area (Å²) in [5.41, 5.74) is 6.74. The van der Waals surface area contributed by atoms with Crippen LogP contribution in [-0.2, 0) is 30.7 Å². The van der Waals surface area contributed by atoms with Gasteiger partial charge in [-0.25, -0.2) is 0 Å². The zero-order valence-electron chi connectivity index (χ0n) is 24.6. The molecular formula is C35H40O6. The van der Waals surface area contributed by atoms with Gasteiger partial charge in [0.05, 0.1) is 19.8 Å². The van der Waals surface area contributed by atoms with Crippen LogP contribution in [0.25, 0.3) is 0 Å². The van der Waals surface area contributed by atoms with Crippen molar-refractivity contribution >= 4 is 0 Å². The van der Waals surface area contributed by atoms with Crippen LogP contribution >= 0.6 is 0 Å². The van der Waals surface area contributed by atoms with E-state index in [1.165, 1.54) is 0 Å². The zero-order valence-corrected chi connectivity index (χ0v) is 24.6. The number of phenols is 3. The Bertz CT molecular complexity index is 1520. The van der Waals surface area contributed by atoms with Crippen molar-refractivity contribution in [3.8, 4) is 17.2 Å². The molecule has 0 aliphatic rings. The predicted octanol–water partition coefficient (Wildman–Crippen LogP) is 5.89. The first-order valence-electron chi connectivity index (χ1n) is 13.7. The Balaban J connectivity index is 1.92. The Labute approximate surface area is 241 Å². The van der Waals surface area contributed by atoms with Crippen molar-refractivity contribution < 1.29 is 30.6 Å². The number of aliphatic hydroxyl groups excluding tert-OH is 3. The second-order valence-corrected chi connectivity index (χ2v) is 11.7. The standard InChI is InChI=1S/C35H40O6/c1-20-11-28(14-23(17-36)31(20)39)34(4,5)26-7-9-27(10-8-26)35(6,29-12-21(2)32(40)24(15-29)18-37)30-13-22(3)33(41)25(16-30)19-38/h7-16,36-41H,17-19H2,1-6H3. The van der Waals surface area contributed by atoms with Crippen molar-refractivity contribution in [2.75, 3.05) is 0 Å². The highest BCUT2D eigenvalue weighted by atomic mass is 16.3. The first kappa shape index (κ1) is 30.1. The lowest BCUT2D eigenvalue weighted by Crippen LogP contribution is -2.27. The van der Waals surface area contributed by atoms with Gasteiger partial charge in [-0.3, -0.25) is 0 Å². The first-order chi connectivity index (χ1) is 19.3. The van der Waals surface area contributed by atoms with E-state index in [0.29, 0.717) is 33.4 Å². The molecule has 0 fully saturated rings.